The molecule has 2 aromatic rings. The molecule has 0 fully saturated rings. The lowest BCUT2D eigenvalue weighted by molar-refractivity contribution is 0.242. The van der Waals surface area contributed by atoms with Crippen LogP contribution < -0.4 is 10.1 Å². The normalized spacial score (nSPS) is 10.5. The third-order valence-corrected chi connectivity index (χ3v) is 2.24. The van der Waals surface area contributed by atoms with Crippen LogP contribution in [-0.4, -0.2) is 17.2 Å². The van der Waals surface area contributed by atoms with Crippen molar-refractivity contribution in [2.75, 3.05) is 7.05 Å². The van der Waals surface area contributed by atoms with E-state index in [9.17, 15) is 0 Å². The van der Waals surface area contributed by atoms with Gasteiger partial charge < -0.3 is 14.6 Å². The maximum atomic E-state index is 5.52. The van der Waals surface area contributed by atoms with Gasteiger partial charge in [-0.3, -0.25) is 0 Å². The lowest BCUT2D eigenvalue weighted by Crippen LogP contribution is -2.04. The molecule has 0 bridgehead atoms. The Kier molecular flexibility index (Phi) is 3.72. The van der Waals surface area contributed by atoms with Crippen molar-refractivity contribution in [3.05, 3.63) is 41.5 Å². The van der Waals surface area contributed by atoms with Crippen LogP contribution in [0.3, 0.4) is 0 Å². The standard InChI is InChI=1S/C12H15N3O2/c1-9-14-12(17-15-9)8-16-11-5-3-10(4-6-11)7-13-2/h3-6,13H,7-8H2,1-2H3. The summed E-state index contributed by atoms with van der Waals surface area (Å²) < 4.78 is 10.5. The molecule has 0 aliphatic rings. The van der Waals surface area contributed by atoms with Crippen molar-refractivity contribution in [1.29, 1.82) is 0 Å². The summed E-state index contributed by atoms with van der Waals surface area (Å²) in [5.41, 5.74) is 1.22. The van der Waals surface area contributed by atoms with Crippen LogP contribution in [0.15, 0.2) is 28.8 Å². The topological polar surface area (TPSA) is 60.2 Å². The van der Waals surface area contributed by atoms with Crippen LogP contribution in [0.25, 0.3) is 0 Å². The number of rotatable bonds is 5. The SMILES string of the molecule is CNCc1ccc(OCc2nc(C)no2)cc1. The molecule has 1 aromatic heterocycles. The molecule has 17 heavy (non-hydrogen) atoms. The van der Waals surface area contributed by atoms with Crippen molar-refractivity contribution in [3.63, 3.8) is 0 Å². The number of nitrogens with one attached hydrogen (secondary N) is 1. The summed E-state index contributed by atoms with van der Waals surface area (Å²) in [5, 5.41) is 6.78. The number of ether oxygens (including phenoxy) is 1. The van der Waals surface area contributed by atoms with Crippen molar-refractivity contribution in [1.82, 2.24) is 15.5 Å². The first-order chi connectivity index (χ1) is 8.28. The van der Waals surface area contributed by atoms with Crippen molar-refractivity contribution in [3.8, 4) is 5.75 Å². The Morgan fingerprint density at radius 2 is 2.06 bits per heavy atom. The maximum absolute atomic E-state index is 5.52. The zero-order valence-electron chi connectivity index (χ0n) is 9.93. The molecule has 1 N–H and O–H groups in total. The second kappa shape index (κ2) is 5.45. The first-order valence-electron chi connectivity index (χ1n) is 5.43. The fourth-order valence-electron chi connectivity index (χ4n) is 1.45. The molecule has 5 heteroatoms. The number of hydrogen-bond donors (Lipinski definition) is 1. The molecular formula is C12H15N3O2. The van der Waals surface area contributed by atoms with Crippen molar-refractivity contribution in [2.24, 2.45) is 0 Å². The minimum atomic E-state index is 0.298. The van der Waals surface area contributed by atoms with Crippen molar-refractivity contribution in [2.45, 2.75) is 20.1 Å². The quantitative estimate of drug-likeness (QED) is 0.851. The molecular weight excluding hydrogens is 218 g/mol. The fourth-order valence-corrected chi connectivity index (χ4v) is 1.45. The minimum absolute atomic E-state index is 0.298. The highest BCUT2D eigenvalue weighted by Crippen LogP contribution is 2.13. The van der Waals surface area contributed by atoms with Crippen LogP contribution in [-0.2, 0) is 13.2 Å². The number of nitrogens with zero attached hydrogens (tertiary/aromatic N) is 2. The smallest absolute Gasteiger partial charge is 0.264 e. The highest BCUT2D eigenvalue weighted by molar-refractivity contribution is 5.27. The zero-order chi connectivity index (χ0) is 12.1. The van der Waals surface area contributed by atoms with Crippen LogP contribution in [0.2, 0.25) is 0 Å². The van der Waals surface area contributed by atoms with E-state index in [0.717, 1.165) is 12.3 Å². The Labute approximate surface area is 99.8 Å². The Bertz CT molecular complexity index is 465. The second-order valence-corrected chi connectivity index (χ2v) is 3.70. The maximum Gasteiger partial charge on any atom is 0.264 e. The van der Waals surface area contributed by atoms with Gasteiger partial charge in [-0.05, 0) is 31.7 Å². The van der Waals surface area contributed by atoms with Gasteiger partial charge in [-0.15, -0.1) is 0 Å². The summed E-state index contributed by atoms with van der Waals surface area (Å²) in [5.74, 6) is 1.90. The van der Waals surface area contributed by atoms with Gasteiger partial charge in [0.15, 0.2) is 12.4 Å². The molecule has 0 spiro atoms. The molecule has 2 rings (SSSR count). The Hall–Kier alpha value is -1.88. The minimum Gasteiger partial charge on any atom is -0.484 e. The van der Waals surface area contributed by atoms with E-state index in [1.165, 1.54) is 5.56 Å². The lowest BCUT2D eigenvalue weighted by Gasteiger charge is -2.04. The first kappa shape index (κ1) is 11.6. The van der Waals surface area contributed by atoms with Gasteiger partial charge in [-0.2, -0.15) is 4.98 Å². The van der Waals surface area contributed by atoms with E-state index < -0.39 is 0 Å². The highest BCUT2D eigenvalue weighted by atomic mass is 16.5. The van der Waals surface area contributed by atoms with Gasteiger partial charge in [0.25, 0.3) is 5.89 Å². The predicted molar refractivity (Wildman–Crippen MR) is 62.6 cm³/mol. The summed E-state index contributed by atoms with van der Waals surface area (Å²) in [6, 6.07) is 7.89. The monoisotopic (exact) mass is 233 g/mol. The van der Waals surface area contributed by atoms with E-state index in [4.69, 9.17) is 9.26 Å². The largest absolute Gasteiger partial charge is 0.484 e. The van der Waals surface area contributed by atoms with E-state index in [-0.39, 0.29) is 0 Å². The molecule has 1 heterocycles. The predicted octanol–water partition coefficient (Wildman–Crippen LogP) is 1.68. The van der Waals surface area contributed by atoms with Crippen LogP contribution in [0, 0.1) is 6.92 Å². The van der Waals surface area contributed by atoms with Gasteiger partial charge in [-0.25, -0.2) is 0 Å². The number of hydrogen-bond acceptors (Lipinski definition) is 5. The summed E-state index contributed by atoms with van der Waals surface area (Å²) in [7, 11) is 1.92. The molecule has 5 nitrogen and oxygen atoms in total. The van der Waals surface area contributed by atoms with Crippen molar-refractivity contribution >= 4 is 0 Å². The van der Waals surface area contributed by atoms with E-state index in [0.29, 0.717) is 18.3 Å². The third-order valence-electron chi connectivity index (χ3n) is 2.24. The van der Waals surface area contributed by atoms with E-state index in [2.05, 4.69) is 15.5 Å². The average Bonchev–Trinajstić information content (AvgIpc) is 2.75. The zero-order valence-corrected chi connectivity index (χ0v) is 9.93. The number of benzene rings is 1. The Morgan fingerprint density at radius 1 is 1.29 bits per heavy atom. The number of aromatic nitrogens is 2. The average molecular weight is 233 g/mol. The van der Waals surface area contributed by atoms with Gasteiger partial charge >= 0.3 is 0 Å². The van der Waals surface area contributed by atoms with Crippen LogP contribution in [0.1, 0.15) is 17.3 Å². The summed E-state index contributed by atoms with van der Waals surface area (Å²) in [6.07, 6.45) is 0. The highest BCUT2D eigenvalue weighted by Gasteiger charge is 2.03. The molecule has 1 aromatic carbocycles. The molecule has 0 aliphatic carbocycles. The summed E-state index contributed by atoms with van der Waals surface area (Å²) in [4.78, 5) is 4.06. The molecule has 0 saturated carbocycles. The second-order valence-electron chi connectivity index (χ2n) is 3.70. The van der Waals surface area contributed by atoms with E-state index in [1.807, 2.05) is 31.3 Å². The molecule has 0 radical (unpaired) electrons. The van der Waals surface area contributed by atoms with Gasteiger partial charge in [0.2, 0.25) is 0 Å². The molecule has 0 aliphatic heterocycles. The van der Waals surface area contributed by atoms with Gasteiger partial charge in [-0.1, -0.05) is 17.3 Å². The lowest BCUT2D eigenvalue weighted by atomic mass is 10.2. The van der Waals surface area contributed by atoms with E-state index in [1.54, 1.807) is 6.92 Å². The Balaban J connectivity index is 1.90. The van der Waals surface area contributed by atoms with E-state index >= 15 is 0 Å². The molecule has 90 valence electrons. The van der Waals surface area contributed by atoms with Crippen LogP contribution >= 0.6 is 0 Å². The fraction of sp³-hybridized carbons (Fsp3) is 0.333. The summed E-state index contributed by atoms with van der Waals surface area (Å²) >= 11 is 0. The molecule has 0 amide bonds. The van der Waals surface area contributed by atoms with Crippen LogP contribution in [0.4, 0.5) is 0 Å². The molecule has 0 unspecified atom stereocenters. The summed E-state index contributed by atoms with van der Waals surface area (Å²) in [6.45, 7) is 2.93. The van der Waals surface area contributed by atoms with Gasteiger partial charge in [0.05, 0.1) is 0 Å². The van der Waals surface area contributed by atoms with Gasteiger partial charge in [0.1, 0.15) is 5.75 Å². The Morgan fingerprint density at radius 3 is 2.65 bits per heavy atom. The van der Waals surface area contributed by atoms with Crippen LogP contribution in [0.5, 0.6) is 5.75 Å². The van der Waals surface area contributed by atoms with Gasteiger partial charge in [0, 0.05) is 6.54 Å². The first-order valence-corrected chi connectivity index (χ1v) is 5.43. The van der Waals surface area contributed by atoms with Crippen molar-refractivity contribution < 1.29 is 9.26 Å². The molecule has 0 atom stereocenters. The molecule has 0 saturated heterocycles. The number of aryl methyl sites for hydroxylation is 1. The third kappa shape index (κ3) is 3.29.